The number of hydrogen-bond acceptors (Lipinski definition) is 3. The van der Waals surface area contributed by atoms with E-state index in [9.17, 15) is 18.0 Å². The second kappa shape index (κ2) is 6.80. The van der Waals surface area contributed by atoms with E-state index in [4.69, 9.17) is 4.74 Å². The highest BCUT2D eigenvalue weighted by molar-refractivity contribution is 5.68. The number of nitrogens with zero attached hydrogens (tertiary/aromatic N) is 1. The van der Waals surface area contributed by atoms with Gasteiger partial charge in [-0.1, -0.05) is 30.3 Å². The molecule has 0 aromatic heterocycles. The fraction of sp³-hybridized carbons (Fsp3) is 0.500. The van der Waals surface area contributed by atoms with Crippen LogP contribution in [0.4, 0.5) is 18.0 Å². The van der Waals surface area contributed by atoms with Crippen LogP contribution in [0.1, 0.15) is 18.4 Å². The molecule has 21 heavy (non-hydrogen) atoms. The van der Waals surface area contributed by atoms with Crippen LogP contribution in [0.5, 0.6) is 0 Å². The van der Waals surface area contributed by atoms with Crippen LogP contribution in [0.15, 0.2) is 30.3 Å². The summed E-state index contributed by atoms with van der Waals surface area (Å²) >= 11 is 0. The smallest absolute Gasteiger partial charge is 0.445 e. The van der Waals surface area contributed by atoms with Gasteiger partial charge in [-0.15, -0.1) is 0 Å². The first-order chi connectivity index (χ1) is 9.96. The molecular weight excluding hydrogens is 285 g/mol. The monoisotopic (exact) mass is 302 g/mol. The van der Waals surface area contributed by atoms with Gasteiger partial charge in [0, 0.05) is 19.1 Å². The minimum atomic E-state index is -4.43. The molecule has 1 heterocycles. The Morgan fingerprint density at radius 2 is 2.05 bits per heavy atom. The number of ether oxygens (including phenoxy) is 1. The van der Waals surface area contributed by atoms with Crippen LogP contribution in [0.25, 0.3) is 0 Å². The van der Waals surface area contributed by atoms with E-state index in [1.807, 2.05) is 30.3 Å². The van der Waals surface area contributed by atoms with Crippen molar-refractivity contribution in [2.45, 2.75) is 31.8 Å². The summed E-state index contributed by atoms with van der Waals surface area (Å²) < 4.78 is 41.6. The summed E-state index contributed by atoms with van der Waals surface area (Å²) in [5, 5.41) is 1.47. The Balaban J connectivity index is 1.83. The Labute approximate surface area is 120 Å². The van der Waals surface area contributed by atoms with Gasteiger partial charge < -0.3 is 9.64 Å². The van der Waals surface area contributed by atoms with Gasteiger partial charge >= 0.3 is 12.4 Å². The van der Waals surface area contributed by atoms with E-state index in [-0.39, 0.29) is 13.2 Å². The third kappa shape index (κ3) is 4.93. The van der Waals surface area contributed by atoms with Crippen LogP contribution in [0.3, 0.4) is 0 Å². The first kappa shape index (κ1) is 15.6. The van der Waals surface area contributed by atoms with Crippen molar-refractivity contribution in [3.63, 3.8) is 0 Å². The maximum absolute atomic E-state index is 12.2. The summed E-state index contributed by atoms with van der Waals surface area (Å²) in [4.78, 5) is 13.3. The van der Waals surface area contributed by atoms with E-state index in [0.29, 0.717) is 19.4 Å². The zero-order chi connectivity index (χ0) is 15.3. The molecule has 1 fully saturated rings. The van der Waals surface area contributed by atoms with Crippen LogP contribution >= 0.6 is 0 Å². The predicted octanol–water partition coefficient (Wildman–Crippen LogP) is 2.90. The van der Waals surface area contributed by atoms with Crippen LogP contribution in [-0.4, -0.2) is 36.4 Å². The molecule has 0 spiro atoms. The van der Waals surface area contributed by atoms with Gasteiger partial charge in [0.2, 0.25) is 0 Å². The molecule has 0 aliphatic carbocycles. The molecule has 1 aromatic carbocycles. The summed E-state index contributed by atoms with van der Waals surface area (Å²) in [6.07, 6.45) is -3.76. The Hall–Kier alpha value is -1.76. The molecule has 7 heteroatoms. The minimum Gasteiger partial charge on any atom is -0.445 e. The number of nitrogens with one attached hydrogen (secondary N) is 1. The van der Waals surface area contributed by atoms with Crippen molar-refractivity contribution in [1.29, 1.82) is 0 Å². The van der Waals surface area contributed by atoms with E-state index in [1.54, 1.807) is 0 Å². The van der Waals surface area contributed by atoms with Gasteiger partial charge in [-0.05, 0) is 18.4 Å². The lowest BCUT2D eigenvalue weighted by atomic mass is 10.2. The fourth-order valence-corrected chi connectivity index (χ4v) is 2.32. The Bertz CT molecular complexity index is 465. The molecule has 4 nitrogen and oxygen atoms in total. The zero-order valence-corrected chi connectivity index (χ0v) is 11.4. The van der Waals surface area contributed by atoms with Crippen LogP contribution in [0.2, 0.25) is 0 Å². The molecule has 1 aromatic rings. The van der Waals surface area contributed by atoms with Crippen molar-refractivity contribution >= 4 is 6.09 Å². The third-order valence-corrected chi connectivity index (χ3v) is 3.35. The molecule has 1 unspecified atom stereocenters. The van der Waals surface area contributed by atoms with Crippen LogP contribution in [0, 0.1) is 0 Å². The summed E-state index contributed by atoms with van der Waals surface area (Å²) in [6, 6.07) is 8.67. The second-order valence-electron chi connectivity index (χ2n) is 4.91. The summed E-state index contributed by atoms with van der Waals surface area (Å²) in [7, 11) is 0. The highest BCUT2D eigenvalue weighted by Gasteiger charge is 2.34. The molecule has 116 valence electrons. The van der Waals surface area contributed by atoms with Gasteiger partial charge in [-0.2, -0.15) is 13.2 Å². The molecule has 0 saturated carbocycles. The van der Waals surface area contributed by atoms with Gasteiger partial charge in [0.05, 0.1) is 0 Å². The van der Waals surface area contributed by atoms with Crippen molar-refractivity contribution in [1.82, 2.24) is 10.2 Å². The number of hydrogen-bond donors (Lipinski definition) is 1. The fourth-order valence-electron chi connectivity index (χ4n) is 2.32. The molecule has 1 saturated heterocycles. The first-order valence-electron chi connectivity index (χ1n) is 6.75. The van der Waals surface area contributed by atoms with E-state index >= 15 is 0 Å². The molecular formula is C14H17F3N2O2. The van der Waals surface area contributed by atoms with Crippen molar-refractivity contribution in [3.05, 3.63) is 35.9 Å². The summed E-state index contributed by atoms with van der Waals surface area (Å²) in [5.74, 6) is 0. The van der Waals surface area contributed by atoms with Gasteiger partial charge in [-0.3, -0.25) is 0 Å². The maximum Gasteiger partial charge on any atom is 0.457 e. The molecule has 1 aliphatic heterocycles. The zero-order valence-electron chi connectivity index (χ0n) is 11.4. The number of likely N-dealkylation sites (tertiary alicyclic amines) is 1. The average molecular weight is 302 g/mol. The Morgan fingerprint density at radius 1 is 1.33 bits per heavy atom. The number of carbonyl (C=O) groups is 1. The Kier molecular flexibility index (Phi) is 5.06. The van der Waals surface area contributed by atoms with Crippen molar-refractivity contribution in [2.75, 3.05) is 13.1 Å². The molecule has 0 radical (unpaired) electrons. The lowest BCUT2D eigenvalue weighted by Gasteiger charge is -2.24. The number of halogens is 3. The molecule has 2 rings (SSSR count). The van der Waals surface area contributed by atoms with E-state index < -0.39 is 18.4 Å². The highest BCUT2D eigenvalue weighted by atomic mass is 19.4. The highest BCUT2D eigenvalue weighted by Crippen LogP contribution is 2.20. The normalized spacial score (nSPS) is 18.8. The van der Waals surface area contributed by atoms with E-state index in [2.05, 4.69) is 0 Å². The number of carbonyl (C=O) groups excluding carboxylic acids is 1. The number of rotatable bonds is 4. The summed E-state index contributed by atoms with van der Waals surface area (Å²) in [5.41, 5.74) is 0.843. The van der Waals surface area contributed by atoms with E-state index in [0.717, 1.165) is 5.56 Å². The van der Waals surface area contributed by atoms with Crippen molar-refractivity contribution in [3.8, 4) is 0 Å². The average Bonchev–Trinajstić information content (AvgIpc) is 2.91. The van der Waals surface area contributed by atoms with Gasteiger partial charge in [0.1, 0.15) is 6.61 Å². The first-order valence-corrected chi connectivity index (χ1v) is 6.75. The number of benzene rings is 1. The van der Waals surface area contributed by atoms with Crippen LogP contribution < -0.4 is 5.32 Å². The molecule has 1 amide bonds. The lowest BCUT2D eigenvalue weighted by Crippen LogP contribution is -2.45. The molecule has 0 bridgehead atoms. The van der Waals surface area contributed by atoms with Crippen molar-refractivity contribution < 1.29 is 22.7 Å². The maximum atomic E-state index is 12.2. The SMILES string of the molecule is O=C(OCc1ccccc1)N1CCCC1CNC(F)(F)F. The minimum absolute atomic E-state index is 0.121. The number of amides is 1. The van der Waals surface area contributed by atoms with Gasteiger partial charge in [0.25, 0.3) is 0 Å². The van der Waals surface area contributed by atoms with E-state index in [1.165, 1.54) is 10.2 Å². The van der Waals surface area contributed by atoms with Crippen LogP contribution in [-0.2, 0) is 11.3 Å². The Morgan fingerprint density at radius 3 is 2.71 bits per heavy atom. The number of alkyl halides is 3. The molecule has 1 N–H and O–H groups in total. The van der Waals surface area contributed by atoms with Gasteiger partial charge in [0.15, 0.2) is 0 Å². The standard InChI is InChI=1S/C14H17F3N2O2/c15-14(16,17)18-9-12-7-4-8-19(12)13(20)21-10-11-5-2-1-3-6-11/h1-3,5-6,12,18H,4,7-10H2. The molecule has 1 atom stereocenters. The van der Waals surface area contributed by atoms with Gasteiger partial charge in [-0.25, -0.2) is 10.1 Å². The topological polar surface area (TPSA) is 41.6 Å². The third-order valence-electron chi connectivity index (χ3n) is 3.35. The summed E-state index contributed by atoms with van der Waals surface area (Å²) in [6.45, 7) is 0.247. The largest absolute Gasteiger partial charge is 0.457 e. The predicted molar refractivity (Wildman–Crippen MR) is 70.4 cm³/mol. The second-order valence-corrected chi connectivity index (χ2v) is 4.91. The lowest BCUT2D eigenvalue weighted by molar-refractivity contribution is -0.158. The molecule has 1 aliphatic rings. The van der Waals surface area contributed by atoms with Crippen molar-refractivity contribution in [2.24, 2.45) is 0 Å². The quantitative estimate of drug-likeness (QED) is 0.870.